The van der Waals surface area contributed by atoms with E-state index in [-0.39, 0.29) is 17.0 Å². The highest BCUT2D eigenvalue weighted by atomic mass is 32.9. The predicted octanol–water partition coefficient (Wildman–Crippen LogP) is 4.04. The van der Waals surface area contributed by atoms with E-state index in [9.17, 15) is 0 Å². The van der Waals surface area contributed by atoms with Crippen molar-refractivity contribution in [3.05, 3.63) is 10.7 Å². The molecule has 0 radical (unpaired) electrons. The maximum absolute atomic E-state index is 5.74. The average molecular weight is 328 g/mol. The second kappa shape index (κ2) is 7.17. The zero-order valence-electron chi connectivity index (χ0n) is 10.7. The molecule has 1 aromatic rings. The topological polar surface area (TPSA) is 60.3 Å². The van der Waals surface area contributed by atoms with Crippen molar-refractivity contribution in [3.8, 4) is 0 Å². The van der Waals surface area contributed by atoms with Crippen LogP contribution >= 0.6 is 29.3 Å². The first kappa shape index (κ1) is 16.3. The molecule has 0 fully saturated rings. The Morgan fingerprint density at radius 2 is 1.89 bits per heavy atom. The summed E-state index contributed by atoms with van der Waals surface area (Å²) in [5.41, 5.74) is -2.39. The summed E-state index contributed by atoms with van der Waals surface area (Å²) in [6.45, 7) is 7.74. The first-order valence-electron chi connectivity index (χ1n) is 5.46. The molecule has 0 aromatic carbocycles. The molecule has 9 heteroatoms. The van der Waals surface area contributed by atoms with Crippen molar-refractivity contribution in [2.75, 3.05) is 0 Å². The zero-order chi connectivity index (χ0) is 13.8. The van der Waals surface area contributed by atoms with Gasteiger partial charge < -0.3 is 13.5 Å². The summed E-state index contributed by atoms with van der Waals surface area (Å²) >= 11 is 11.7. The van der Waals surface area contributed by atoms with Gasteiger partial charge in [-0.2, -0.15) is 0 Å². The summed E-state index contributed by atoms with van der Waals surface area (Å²) in [6.07, 6.45) is 0.0421. The van der Waals surface area contributed by atoms with E-state index in [1.807, 2.05) is 27.7 Å². The van der Waals surface area contributed by atoms with E-state index in [2.05, 4.69) is 10.2 Å². The van der Waals surface area contributed by atoms with Crippen molar-refractivity contribution in [2.24, 2.45) is 0 Å². The van der Waals surface area contributed by atoms with Crippen molar-refractivity contribution in [1.29, 1.82) is 0 Å². The van der Waals surface area contributed by atoms with E-state index in [1.54, 1.807) is 0 Å². The van der Waals surface area contributed by atoms with E-state index in [4.69, 9.17) is 37.5 Å². The number of aromatic nitrogens is 2. The predicted molar refractivity (Wildman–Crippen MR) is 79.7 cm³/mol. The van der Waals surface area contributed by atoms with Crippen LogP contribution in [0.5, 0.6) is 0 Å². The van der Waals surface area contributed by atoms with Crippen LogP contribution in [0.1, 0.15) is 33.6 Å². The minimum Gasteiger partial charge on any atom is -0.413 e. The van der Waals surface area contributed by atoms with Crippen LogP contribution in [-0.4, -0.2) is 22.4 Å². The standard InChI is InChI=1S/C9H17N2O3PS3/c1-6(2)13-15(17,14-7(3)4)18-5-8-10-11-9(16)12-8/h6-7H,5H2,1-4H3,(H,11,16). The number of H-pyrrole nitrogens is 1. The quantitative estimate of drug-likeness (QED) is 0.598. The second-order valence-electron chi connectivity index (χ2n) is 4.04. The van der Waals surface area contributed by atoms with Crippen LogP contribution in [0.25, 0.3) is 0 Å². The SMILES string of the molecule is CC(C)OP(=S)(OC(C)C)SCc1n[nH]c(=S)o1. The summed E-state index contributed by atoms with van der Waals surface area (Å²) in [6, 6.07) is 0. The van der Waals surface area contributed by atoms with E-state index < -0.39 is 5.69 Å². The monoisotopic (exact) mass is 328 g/mol. The lowest BCUT2D eigenvalue weighted by Gasteiger charge is -2.24. The number of aromatic amines is 1. The molecule has 0 bridgehead atoms. The second-order valence-corrected chi connectivity index (χ2v) is 10.6. The lowest BCUT2D eigenvalue weighted by molar-refractivity contribution is 0.186. The molecular formula is C9H17N2O3PS3. The third-order valence-corrected chi connectivity index (χ3v) is 7.05. The van der Waals surface area contributed by atoms with Crippen LogP contribution in [0.2, 0.25) is 0 Å². The summed E-state index contributed by atoms with van der Waals surface area (Å²) in [4.78, 5) is 0.258. The van der Waals surface area contributed by atoms with Gasteiger partial charge in [-0.15, -0.1) is 5.10 Å². The molecule has 1 aromatic heterocycles. The van der Waals surface area contributed by atoms with Gasteiger partial charge in [-0.25, -0.2) is 5.10 Å². The molecule has 5 nitrogen and oxygen atoms in total. The third-order valence-electron chi connectivity index (χ3n) is 1.51. The van der Waals surface area contributed by atoms with Gasteiger partial charge in [-0.05, 0) is 51.7 Å². The highest BCUT2D eigenvalue weighted by Crippen LogP contribution is 2.63. The number of hydrogen-bond donors (Lipinski definition) is 1. The fourth-order valence-electron chi connectivity index (χ4n) is 1.06. The lowest BCUT2D eigenvalue weighted by atomic mass is 10.5. The van der Waals surface area contributed by atoms with Crippen molar-refractivity contribution in [1.82, 2.24) is 10.2 Å². The molecule has 0 aliphatic carbocycles. The Labute approximate surface area is 121 Å². The summed E-state index contributed by atoms with van der Waals surface area (Å²) in [7, 11) is 0. The summed E-state index contributed by atoms with van der Waals surface area (Å²) in [5, 5.41) is 6.49. The van der Waals surface area contributed by atoms with Crippen molar-refractivity contribution < 1.29 is 13.5 Å². The molecule has 0 aliphatic rings. The van der Waals surface area contributed by atoms with Gasteiger partial charge in [0.05, 0.1) is 18.0 Å². The van der Waals surface area contributed by atoms with Gasteiger partial charge in [0.15, 0.2) is 0 Å². The number of hydrogen-bond acceptors (Lipinski definition) is 7. The molecule has 0 saturated heterocycles. The van der Waals surface area contributed by atoms with E-state index in [1.165, 1.54) is 11.4 Å². The zero-order valence-corrected chi connectivity index (χ0v) is 14.0. The van der Waals surface area contributed by atoms with E-state index in [0.717, 1.165) is 0 Å². The third kappa shape index (κ3) is 5.95. The van der Waals surface area contributed by atoms with Crippen LogP contribution in [-0.2, 0) is 26.6 Å². The van der Waals surface area contributed by atoms with Gasteiger partial charge in [-0.3, -0.25) is 0 Å². The van der Waals surface area contributed by atoms with Crippen molar-refractivity contribution in [3.63, 3.8) is 0 Å². The molecule has 0 unspecified atom stereocenters. The van der Waals surface area contributed by atoms with Gasteiger partial charge in [0.25, 0.3) is 4.84 Å². The molecule has 0 atom stereocenters. The molecule has 1 N–H and O–H groups in total. The Hall–Kier alpha value is 0.280. The van der Waals surface area contributed by atoms with E-state index >= 15 is 0 Å². The van der Waals surface area contributed by atoms with Crippen LogP contribution < -0.4 is 0 Å². The van der Waals surface area contributed by atoms with Gasteiger partial charge in [0.2, 0.25) is 11.6 Å². The van der Waals surface area contributed by atoms with Gasteiger partial charge in [-0.1, -0.05) is 11.4 Å². The molecule has 0 aliphatic heterocycles. The molecule has 104 valence electrons. The number of nitrogens with zero attached hydrogens (tertiary/aromatic N) is 1. The Kier molecular flexibility index (Phi) is 6.50. The smallest absolute Gasteiger partial charge is 0.284 e. The van der Waals surface area contributed by atoms with Gasteiger partial charge >= 0.3 is 0 Å². The molecule has 0 spiro atoms. The minimum absolute atomic E-state index is 0.0210. The number of nitrogens with one attached hydrogen (secondary N) is 1. The first-order valence-corrected chi connectivity index (χ1v) is 10.1. The fourth-order valence-corrected chi connectivity index (χ4v) is 6.51. The summed E-state index contributed by atoms with van der Waals surface area (Å²) in [5.74, 6) is 0.975. The molecule has 1 heterocycles. The van der Waals surface area contributed by atoms with Crippen LogP contribution in [0, 0.1) is 4.84 Å². The first-order chi connectivity index (χ1) is 8.31. The highest BCUT2D eigenvalue weighted by molar-refractivity contribution is 8.67. The Morgan fingerprint density at radius 1 is 1.33 bits per heavy atom. The van der Waals surface area contributed by atoms with Crippen LogP contribution in [0.3, 0.4) is 0 Å². The molecule has 1 rings (SSSR count). The summed E-state index contributed by atoms with van der Waals surface area (Å²) < 4.78 is 16.7. The van der Waals surface area contributed by atoms with Crippen molar-refractivity contribution in [2.45, 2.75) is 45.7 Å². The molecule has 18 heavy (non-hydrogen) atoms. The minimum atomic E-state index is -2.39. The van der Waals surface area contributed by atoms with E-state index in [0.29, 0.717) is 11.6 Å². The van der Waals surface area contributed by atoms with Crippen LogP contribution in [0.15, 0.2) is 4.42 Å². The largest absolute Gasteiger partial charge is 0.413 e. The van der Waals surface area contributed by atoms with Gasteiger partial charge in [0.1, 0.15) is 0 Å². The average Bonchev–Trinajstić information content (AvgIpc) is 2.59. The maximum atomic E-state index is 5.74. The Morgan fingerprint density at radius 3 is 2.28 bits per heavy atom. The molecular weight excluding hydrogens is 311 g/mol. The molecule has 0 saturated carbocycles. The highest BCUT2D eigenvalue weighted by Gasteiger charge is 2.24. The van der Waals surface area contributed by atoms with Gasteiger partial charge in [0, 0.05) is 0 Å². The Balaban J connectivity index is 2.66. The van der Waals surface area contributed by atoms with Crippen molar-refractivity contribution >= 4 is 41.1 Å². The van der Waals surface area contributed by atoms with Crippen LogP contribution in [0.4, 0.5) is 0 Å². The molecule has 0 amide bonds. The fraction of sp³-hybridized carbons (Fsp3) is 0.778. The normalized spacial score (nSPS) is 12.6. The maximum Gasteiger partial charge on any atom is 0.284 e. The Bertz CT molecular complexity index is 458. The lowest BCUT2D eigenvalue weighted by Crippen LogP contribution is -2.06. The number of rotatable bonds is 7.